The summed E-state index contributed by atoms with van der Waals surface area (Å²) in [5.41, 5.74) is 4.03. The summed E-state index contributed by atoms with van der Waals surface area (Å²) in [4.78, 5) is 22.3. The zero-order chi connectivity index (χ0) is 28.1. The maximum absolute atomic E-state index is 14.9. The monoisotopic (exact) mass is 536 g/mol. The molecule has 1 fully saturated rings. The van der Waals surface area contributed by atoms with Gasteiger partial charge in [-0.05, 0) is 57.5 Å². The van der Waals surface area contributed by atoms with Crippen LogP contribution in [0.1, 0.15) is 45.1 Å². The summed E-state index contributed by atoms with van der Waals surface area (Å²) < 4.78 is 30.4. The molecule has 1 aromatic carbocycles. The molecule has 1 aliphatic rings. The van der Waals surface area contributed by atoms with Gasteiger partial charge in [-0.15, -0.1) is 0 Å². The zero-order valence-corrected chi connectivity index (χ0v) is 23.5. The van der Waals surface area contributed by atoms with Crippen LogP contribution in [-0.4, -0.2) is 74.8 Å². The molecule has 8 nitrogen and oxygen atoms in total. The Morgan fingerprint density at radius 3 is 2.54 bits per heavy atom. The van der Waals surface area contributed by atoms with E-state index in [0.717, 1.165) is 62.1 Å². The third kappa shape index (κ3) is 6.57. The molecular weight excluding hydrogens is 498 g/mol. The van der Waals surface area contributed by atoms with E-state index in [1.807, 2.05) is 44.4 Å². The molecule has 0 saturated carbocycles. The van der Waals surface area contributed by atoms with Gasteiger partial charge in [-0.3, -0.25) is 4.90 Å². The van der Waals surface area contributed by atoms with Crippen LogP contribution in [0.3, 0.4) is 0 Å². The Morgan fingerprint density at radius 1 is 1.18 bits per heavy atom. The first-order valence-corrected chi connectivity index (χ1v) is 13.4. The number of benzene rings is 1. The van der Waals surface area contributed by atoms with Crippen LogP contribution in [0.2, 0.25) is 0 Å². The number of allylic oxidation sites excluding steroid dienone is 1. The summed E-state index contributed by atoms with van der Waals surface area (Å²) in [7, 11) is 0. The molecular formula is C29H38F2N8. The van der Waals surface area contributed by atoms with Gasteiger partial charge in [0.25, 0.3) is 0 Å². The quantitative estimate of drug-likeness (QED) is 0.344. The highest BCUT2D eigenvalue weighted by Gasteiger charge is 2.19. The number of piperazine rings is 1. The molecule has 2 aromatic heterocycles. The van der Waals surface area contributed by atoms with Gasteiger partial charge in [0.05, 0.1) is 17.2 Å². The summed E-state index contributed by atoms with van der Waals surface area (Å²) >= 11 is 0. The molecule has 1 aliphatic heterocycles. The first-order valence-electron chi connectivity index (χ1n) is 13.4. The Bertz CT molecular complexity index is 1380. The second-order valence-electron chi connectivity index (χ2n) is 10.1. The van der Waals surface area contributed by atoms with E-state index in [0.29, 0.717) is 22.7 Å². The van der Waals surface area contributed by atoms with Crippen molar-refractivity contribution in [2.75, 3.05) is 44.6 Å². The number of halogens is 2. The van der Waals surface area contributed by atoms with Gasteiger partial charge in [-0.2, -0.15) is 0 Å². The predicted molar refractivity (Wildman–Crippen MR) is 154 cm³/mol. The molecule has 0 atom stereocenters. The van der Waals surface area contributed by atoms with Crippen molar-refractivity contribution in [1.82, 2.24) is 29.3 Å². The van der Waals surface area contributed by atoms with Crippen molar-refractivity contribution in [3.63, 3.8) is 0 Å². The van der Waals surface area contributed by atoms with Crippen molar-refractivity contribution in [2.24, 2.45) is 4.99 Å². The van der Waals surface area contributed by atoms with Gasteiger partial charge in [-0.1, -0.05) is 19.6 Å². The highest BCUT2D eigenvalue weighted by Crippen LogP contribution is 2.31. The predicted octanol–water partition coefficient (Wildman–Crippen LogP) is 5.53. The lowest BCUT2D eigenvalue weighted by molar-refractivity contribution is 0.147. The summed E-state index contributed by atoms with van der Waals surface area (Å²) in [5.74, 6) is 0.323. The van der Waals surface area contributed by atoms with E-state index < -0.39 is 12.5 Å². The first kappa shape index (κ1) is 28.5. The summed E-state index contributed by atoms with van der Waals surface area (Å²) in [6.07, 6.45) is 4.96. The van der Waals surface area contributed by atoms with Gasteiger partial charge in [0.1, 0.15) is 24.0 Å². The second-order valence-corrected chi connectivity index (χ2v) is 10.1. The normalized spacial score (nSPS) is 15.6. The molecule has 0 spiro atoms. The summed E-state index contributed by atoms with van der Waals surface area (Å²) in [5, 5.41) is 2.97. The van der Waals surface area contributed by atoms with E-state index in [-0.39, 0.29) is 17.7 Å². The topological polar surface area (TPSA) is 74.5 Å². The van der Waals surface area contributed by atoms with Gasteiger partial charge in [0, 0.05) is 50.5 Å². The summed E-state index contributed by atoms with van der Waals surface area (Å²) in [6, 6.07) is 3.60. The Labute approximate surface area is 229 Å². The van der Waals surface area contributed by atoms with E-state index in [1.165, 1.54) is 0 Å². The van der Waals surface area contributed by atoms with Crippen molar-refractivity contribution in [3.8, 4) is 11.3 Å². The maximum atomic E-state index is 14.9. The minimum absolute atomic E-state index is 0.00734. The van der Waals surface area contributed by atoms with E-state index >= 15 is 0 Å². The van der Waals surface area contributed by atoms with Crippen molar-refractivity contribution >= 4 is 23.2 Å². The number of imidazole rings is 1. The second kappa shape index (κ2) is 12.6. The van der Waals surface area contributed by atoms with Gasteiger partial charge < -0.3 is 14.8 Å². The highest BCUT2D eigenvalue weighted by atomic mass is 19.1. The van der Waals surface area contributed by atoms with Crippen molar-refractivity contribution in [1.29, 1.82) is 0 Å². The standard InChI is InChI=1S/C29H38F2N8/c1-7-22(18-38-11-9-37(8-2)10-12-38)16-32-21(6)34-29-33-17-24(31)28(36-29)23-13-20(5)27-25(14-23)39(19(3)4)26(15-30)35-27/h7,13-14,16-17,19H,6,8-12,15,18H2,1-5H3,(H,33,34,36)/b22-7+,32-16-. The number of aromatic nitrogens is 4. The minimum Gasteiger partial charge on any atom is -0.323 e. The fraction of sp³-hybridized carbons (Fsp3) is 0.448. The van der Waals surface area contributed by atoms with Crippen LogP contribution in [0.4, 0.5) is 14.7 Å². The molecule has 208 valence electrons. The Balaban J connectivity index is 1.51. The van der Waals surface area contributed by atoms with Crippen LogP contribution in [-0.2, 0) is 6.67 Å². The van der Waals surface area contributed by atoms with Crippen LogP contribution in [0.15, 0.2) is 47.4 Å². The summed E-state index contributed by atoms with van der Waals surface area (Å²) in [6.45, 7) is 19.4. The molecule has 1 N–H and O–H groups in total. The third-order valence-electron chi connectivity index (χ3n) is 7.04. The molecule has 3 heterocycles. The molecule has 0 amide bonds. The van der Waals surface area contributed by atoms with Gasteiger partial charge >= 0.3 is 0 Å². The maximum Gasteiger partial charge on any atom is 0.229 e. The lowest BCUT2D eigenvalue weighted by atomic mass is 10.1. The van der Waals surface area contributed by atoms with Crippen molar-refractivity contribution in [3.05, 3.63) is 59.6 Å². The number of nitrogens with one attached hydrogen (secondary N) is 1. The Morgan fingerprint density at radius 2 is 1.90 bits per heavy atom. The average molecular weight is 537 g/mol. The van der Waals surface area contributed by atoms with Gasteiger partial charge in [0.15, 0.2) is 5.82 Å². The van der Waals surface area contributed by atoms with Crippen LogP contribution in [0, 0.1) is 12.7 Å². The Kier molecular flexibility index (Phi) is 9.19. The van der Waals surface area contributed by atoms with Crippen molar-refractivity contribution in [2.45, 2.75) is 47.3 Å². The average Bonchev–Trinajstić information content (AvgIpc) is 3.32. The number of aryl methyl sites for hydroxylation is 1. The van der Waals surface area contributed by atoms with Crippen LogP contribution < -0.4 is 5.32 Å². The number of likely N-dealkylation sites (N-methyl/N-ethyl adjacent to an activating group) is 1. The van der Waals surface area contributed by atoms with Crippen LogP contribution in [0.5, 0.6) is 0 Å². The molecule has 3 aromatic rings. The molecule has 0 bridgehead atoms. The number of anilines is 1. The largest absolute Gasteiger partial charge is 0.323 e. The lowest BCUT2D eigenvalue weighted by Gasteiger charge is -2.34. The minimum atomic E-state index is -0.676. The SMILES string of the molecule is C=C(/N=C\C(=C/C)CN1CCN(CC)CC1)Nc1ncc(F)c(-c2cc(C)c3nc(CF)n(C(C)C)c3c2)n1. The number of aliphatic imine (C=N–C) groups is 1. The number of hydrogen-bond acceptors (Lipinski definition) is 7. The van der Waals surface area contributed by atoms with Gasteiger partial charge in [-0.25, -0.2) is 28.7 Å². The van der Waals surface area contributed by atoms with E-state index in [4.69, 9.17) is 0 Å². The van der Waals surface area contributed by atoms with Crippen molar-refractivity contribution < 1.29 is 8.78 Å². The van der Waals surface area contributed by atoms with Gasteiger partial charge in [0.2, 0.25) is 5.95 Å². The molecule has 4 rings (SSSR count). The number of rotatable bonds is 10. The number of hydrogen-bond donors (Lipinski definition) is 1. The third-order valence-corrected chi connectivity index (χ3v) is 7.04. The molecule has 10 heteroatoms. The van der Waals surface area contributed by atoms with E-state index in [9.17, 15) is 8.78 Å². The molecule has 0 radical (unpaired) electrons. The molecule has 0 aliphatic carbocycles. The van der Waals surface area contributed by atoms with E-state index in [2.05, 4.69) is 48.6 Å². The van der Waals surface area contributed by atoms with E-state index in [1.54, 1.807) is 12.3 Å². The number of alkyl halides is 1. The molecule has 1 saturated heterocycles. The molecule has 0 unspecified atom stereocenters. The highest BCUT2D eigenvalue weighted by molar-refractivity contribution is 5.85. The zero-order valence-electron chi connectivity index (χ0n) is 23.5. The number of fused-ring (bicyclic) bond motifs is 1. The van der Waals surface area contributed by atoms with Crippen LogP contribution >= 0.6 is 0 Å². The lowest BCUT2D eigenvalue weighted by Crippen LogP contribution is -2.46. The molecule has 39 heavy (non-hydrogen) atoms. The fourth-order valence-electron chi connectivity index (χ4n) is 4.90. The first-order chi connectivity index (χ1) is 18.7. The smallest absolute Gasteiger partial charge is 0.229 e. The fourth-order valence-corrected chi connectivity index (χ4v) is 4.90. The Hall–Kier alpha value is -3.50. The van der Waals surface area contributed by atoms with Crippen LogP contribution in [0.25, 0.3) is 22.3 Å². The number of nitrogens with zero attached hydrogens (tertiary/aromatic N) is 7.